The minimum atomic E-state index is 0.280. The summed E-state index contributed by atoms with van der Waals surface area (Å²) in [7, 11) is 0. The topological polar surface area (TPSA) is 30.5 Å². The van der Waals surface area contributed by atoms with Crippen LogP contribution in [0.3, 0.4) is 0 Å². The van der Waals surface area contributed by atoms with Gasteiger partial charge in [-0.25, -0.2) is 0 Å². The first-order valence-electron chi connectivity index (χ1n) is 6.39. The van der Waals surface area contributed by atoms with Crippen LogP contribution in [-0.4, -0.2) is 38.5 Å². The van der Waals surface area contributed by atoms with E-state index in [4.69, 9.17) is 9.47 Å². The molecule has 0 aromatic heterocycles. The molecule has 0 spiro atoms. The Labute approximate surface area is 92.5 Å². The Bertz CT molecular complexity index is 161. The lowest BCUT2D eigenvalue weighted by Crippen LogP contribution is -2.41. The van der Waals surface area contributed by atoms with Crippen molar-refractivity contribution in [2.75, 3.05) is 26.3 Å². The van der Waals surface area contributed by atoms with Crippen LogP contribution in [0.1, 0.15) is 38.5 Å². The molecule has 1 heterocycles. The van der Waals surface area contributed by atoms with Crippen molar-refractivity contribution in [2.24, 2.45) is 0 Å². The summed E-state index contributed by atoms with van der Waals surface area (Å²) in [5.74, 6) is 0. The molecule has 1 aliphatic carbocycles. The van der Waals surface area contributed by atoms with Gasteiger partial charge in [0.2, 0.25) is 0 Å². The highest BCUT2D eigenvalue weighted by molar-refractivity contribution is 4.69. The second-order valence-electron chi connectivity index (χ2n) is 4.64. The van der Waals surface area contributed by atoms with Gasteiger partial charge in [0.1, 0.15) is 0 Å². The van der Waals surface area contributed by atoms with Crippen LogP contribution in [0.5, 0.6) is 0 Å². The van der Waals surface area contributed by atoms with Crippen molar-refractivity contribution in [2.45, 2.75) is 50.7 Å². The summed E-state index contributed by atoms with van der Waals surface area (Å²) in [5.41, 5.74) is 0. The first-order valence-corrected chi connectivity index (χ1v) is 6.39. The van der Waals surface area contributed by atoms with E-state index in [1.54, 1.807) is 0 Å². The van der Waals surface area contributed by atoms with Gasteiger partial charge in [-0.1, -0.05) is 25.7 Å². The zero-order valence-electron chi connectivity index (χ0n) is 9.54. The third-order valence-corrected chi connectivity index (χ3v) is 3.32. The summed E-state index contributed by atoms with van der Waals surface area (Å²) in [6, 6.07) is 0. The number of morpholine rings is 1. The highest BCUT2D eigenvalue weighted by atomic mass is 16.5. The second kappa shape index (κ2) is 6.46. The van der Waals surface area contributed by atoms with Crippen LogP contribution in [0.2, 0.25) is 0 Å². The van der Waals surface area contributed by atoms with E-state index < -0.39 is 0 Å². The van der Waals surface area contributed by atoms with E-state index in [0.717, 1.165) is 26.3 Å². The Hall–Kier alpha value is -0.120. The minimum absolute atomic E-state index is 0.280. The van der Waals surface area contributed by atoms with Crippen LogP contribution in [0, 0.1) is 0 Å². The highest BCUT2D eigenvalue weighted by Crippen LogP contribution is 2.20. The lowest BCUT2D eigenvalue weighted by molar-refractivity contribution is -0.0583. The second-order valence-corrected chi connectivity index (χ2v) is 4.64. The largest absolute Gasteiger partial charge is 0.375 e. The third-order valence-electron chi connectivity index (χ3n) is 3.32. The van der Waals surface area contributed by atoms with Gasteiger partial charge in [-0.2, -0.15) is 0 Å². The summed E-state index contributed by atoms with van der Waals surface area (Å²) in [5, 5.41) is 3.33. The van der Waals surface area contributed by atoms with Crippen molar-refractivity contribution in [3.63, 3.8) is 0 Å². The van der Waals surface area contributed by atoms with Crippen molar-refractivity contribution in [1.29, 1.82) is 0 Å². The van der Waals surface area contributed by atoms with E-state index in [-0.39, 0.29) is 6.10 Å². The summed E-state index contributed by atoms with van der Waals surface area (Å²) in [4.78, 5) is 0. The fraction of sp³-hybridized carbons (Fsp3) is 1.00. The molecule has 3 heteroatoms. The number of hydrogen-bond acceptors (Lipinski definition) is 3. The number of rotatable bonds is 3. The Balaban J connectivity index is 1.62. The molecule has 1 saturated heterocycles. The molecule has 1 saturated carbocycles. The molecule has 3 nitrogen and oxygen atoms in total. The Morgan fingerprint density at radius 3 is 2.60 bits per heavy atom. The van der Waals surface area contributed by atoms with Crippen LogP contribution in [0.25, 0.3) is 0 Å². The maximum atomic E-state index is 5.94. The molecule has 1 unspecified atom stereocenters. The molecular formula is C12H23NO2. The smallest absolute Gasteiger partial charge is 0.0933 e. The van der Waals surface area contributed by atoms with Crippen molar-refractivity contribution in [1.82, 2.24) is 5.32 Å². The molecule has 0 radical (unpaired) electrons. The predicted octanol–water partition coefficient (Wildman–Crippen LogP) is 1.71. The Morgan fingerprint density at radius 2 is 1.93 bits per heavy atom. The quantitative estimate of drug-likeness (QED) is 0.724. The number of hydrogen-bond donors (Lipinski definition) is 1. The molecule has 0 aromatic carbocycles. The lowest BCUT2D eigenvalue weighted by Gasteiger charge is -2.25. The van der Waals surface area contributed by atoms with Crippen molar-refractivity contribution < 1.29 is 9.47 Å². The van der Waals surface area contributed by atoms with Crippen LogP contribution in [0.15, 0.2) is 0 Å². The average molecular weight is 213 g/mol. The molecule has 0 amide bonds. The van der Waals surface area contributed by atoms with Gasteiger partial charge in [0.25, 0.3) is 0 Å². The SMILES string of the molecule is C1CCCC(OCC2CNCCO2)CC1. The summed E-state index contributed by atoms with van der Waals surface area (Å²) >= 11 is 0. The fourth-order valence-corrected chi connectivity index (χ4v) is 2.38. The molecule has 1 N–H and O–H groups in total. The van der Waals surface area contributed by atoms with E-state index in [2.05, 4.69) is 5.32 Å². The third kappa shape index (κ3) is 4.09. The van der Waals surface area contributed by atoms with Gasteiger partial charge in [-0.3, -0.25) is 0 Å². The Kier molecular flexibility index (Phi) is 4.90. The van der Waals surface area contributed by atoms with Gasteiger partial charge in [-0.15, -0.1) is 0 Å². The zero-order chi connectivity index (χ0) is 10.3. The van der Waals surface area contributed by atoms with Crippen molar-refractivity contribution in [3.8, 4) is 0 Å². The fourth-order valence-electron chi connectivity index (χ4n) is 2.38. The van der Waals surface area contributed by atoms with Gasteiger partial charge in [0.15, 0.2) is 0 Å². The van der Waals surface area contributed by atoms with Crippen LogP contribution < -0.4 is 5.32 Å². The molecule has 2 aliphatic rings. The lowest BCUT2D eigenvalue weighted by atomic mass is 10.1. The van der Waals surface area contributed by atoms with E-state index in [9.17, 15) is 0 Å². The van der Waals surface area contributed by atoms with Gasteiger partial charge in [0, 0.05) is 13.1 Å². The Morgan fingerprint density at radius 1 is 1.13 bits per heavy atom. The monoisotopic (exact) mass is 213 g/mol. The van der Waals surface area contributed by atoms with E-state index >= 15 is 0 Å². The standard InChI is InChI=1S/C12H23NO2/c1-2-4-6-11(5-3-1)15-10-12-9-13-7-8-14-12/h11-13H,1-10H2. The molecule has 88 valence electrons. The molecule has 0 aromatic rings. The first kappa shape index (κ1) is 11.4. The average Bonchev–Trinajstić information content (AvgIpc) is 2.56. The zero-order valence-corrected chi connectivity index (χ0v) is 9.54. The van der Waals surface area contributed by atoms with Crippen LogP contribution in [0.4, 0.5) is 0 Å². The number of nitrogens with one attached hydrogen (secondary N) is 1. The number of ether oxygens (including phenoxy) is 2. The molecule has 1 atom stereocenters. The molecule has 2 rings (SSSR count). The maximum absolute atomic E-state index is 5.94. The molecular weight excluding hydrogens is 190 g/mol. The highest BCUT2D eigenvalue weighted by Gasteiger charge is 2.17. The van der Waals surface area contributed by atoms with E-state index in [1.807, 2.05) is 0 Å². The van der Waals surface area contributed by atoms with Crippen LogP contribution >= 0.6 is 0 Å². The maximum Gasteiger partial charge on any atom is 0.0933 e. The molecule has 15 heavy (non-hydrogen) atoms. The molecule has 2 fully saturated rings. The summed E-state index contributed by atoms with van der Waals surface area (Å²) < 4.78 is 11.6. The predicted molar refractivity (Wildman–Crippen MR) is 60.1 cm³/mol. The molecule has 1 aliphatic heterocycles. The normalized spacial score (nSPS) is 30.0. The van der Waals surface area contributed by atoms with E-state index in [1.165, 1.54) is 38.5 Å². The summed E-state index contributed by atoms with van der Waals surface area (Å²) in [6.07, 6.45) is 8.74. The van der Waals surface area contributed by atoms with Gasteiger partial charge < -0.3 is 14.8 Å². The van der Waals surface area contributed by atoms with Gasteiger partial charge >= 0.3 is 0 Å². The first-order chi connectivity index (χ1) is 7.45. The van der Waals surface area contributed by atoms with Crippen molar-refractivity contribution >= 4 is 0 Å². The van der Waals surface area contributed by atoms with E-state index in [0.29, 0.717) is 6.10 Å². The minimum Gasteiger partial charge on any atom is -0.375 e. The van der Waals surface area contributed by atoms with Crippen LogP contribution in [-0.2, 0) is 9.47 Å². The molecule has 0 bridgehead atoms. The summed E-state index contributed by atoms with van der Waals surface area (Å²) in [6.45, 7) is 3.54. The van der Waals surface area contributed by atoms with Gasteiger partial charge in [-0.05, 0) is 12.8 Å². The van der Waals surface area contributed by atoms with Crippen molar-refractivity contribution in [3.05, 3.63) is 0 Å². The van der Waals surface area contributed by atoms with Gasteiger partial charge in [0.05, 0.1) is 25.4 Å².